The third-order valence-corrected chi connectivity index (χ3v) is 1.43. The first kappa shape index (κ1) is 12.9. The van der Waals surface area contributed by atoms with Gasteiger partial charge >= 0.3 is 11.9 Å². The fraction of sp³-hybridized carbons (Fsp3) is 0.750. The molecule has 0 rings (SSSR count). The summed E-state index contributed by atoms with van der Waals surface area (Å²) in [6.07, 6.45) is -1.67. The van der Waals surface area contributed by atoms with Crippen LogP contribution in [0.4, 0.5) is 0 Å². The summed E-state index contributed by atoms with van der Waals surface area (Å²) in [5.41, 5.74) is 5.25. The molecule has 14 heavy (non-hydrogen) atoms. The highest BCUT2D eigenvalue weighted by atomic mass is 16.6. The smallest absolute Gasteiger partial charge is 0.337 e. The van der Waals surface area contributed by atoms with Crippen LogP contribution in [0, 0.1) is 0 Å². The topological polar surface area (TPSA) is 98.9 Å². The molecule has 82 valence electrons. The zero-order valence-corrected chi connectivity index (χ0v) is 8.23. The van der Waals surface area contributed by atoms with E-state index >= 15 is 0 Å². The van der Waals surface area contributed by atoms with Crippen molar-refractivity contribution in [3.05, 3.63) is 0 Å². The number of hydrogen-bond acceptors (Lipinski definition) is 6. The molecule has 0 amide bonds. The van der Waals surface area contributed by atoms with Crippen LogP contribution < -0.4 is 5.73 Å². The fourth-order valence-corrected chi connectivity index (χ4v) is 0.742. The Morgan fingerprint density at radius 2 is 1.64 bits per heavy atom. The number of hydrogen-bond donors (Lipinski definition) is 2. The Labute approximate surface area is 82.0 Å². The van der Waals surface area contributed by atoms with E-state index < -0.39 is 24.1 Å². The number of rotatable bonds is 5. The summed E-state index contributed by atoms with van der Waals surface area (Å²) in [4.78, 5) is 21.9. The van der Waals surface area contributed by atoms with Gasteiger partial charge in [-0.1, -0.05) is 0 Å². The van der Waals surface area contributed by atoms with Gasteiger partial charge in [0.15, 0.2) is 6.10 Å². The van der Waals surface area contributed by atoms with Crippen molar-refractivity contribution in [3.8, 4) is 0 Å². The molecule has 0 unspecified atom stereocenters. The Morgan fingerprint density at radius 1 is 1.21 bits per heavy atom. The fourth-order valence-electron chi connectivity index (χ4n) is 0.742. The van der Waals surface area contributed by atoms with Gasteiger partial charge in [0.1, 0.15) is 6.04 Å². The highest BCUT2D eigenvalue weighted by Crippen LogP contribution is 1.97. The molecule has 0 aromatic heterocycles. The van der Waals surface area contributed by atoms with E-state index in [1.54, 1.807) is 13.8 Å². The maximum Gasteiger partial charge on any atom is 0.337 e. The molecule has 0 aliphatic heterocycles. The van der Waals surface area contributed by atoms with Crippen LogP contribution in [0.3, 0.4) is 0 Å². The van der Waals surface area contributed by atoms with Gasteiger partial charge in [-0.15, -0.1) is 0 Å². The predicted molar refractivity (Wildman–Crippen MR) is 47.2 cm³/mol. The Kier molecular flexibility index (Phi) is 5.82. The molecule has 0 spiro atoms. The third-order valence-electron chi connectivity index (χ3n) is 1.43. The van der Waals surface area contributed by atoms with E-state index in [0.29, 0.717) is 0 Å². The molecule has 6 heteroatoms. The van der Waals surface area contributed by atoms with Crippen LogP contribution in [0.5, 0.6) is 0 Å². The zero-order chi connectivity index (χ0) is 11.1. The molecule has 0 fully saturated rings. The van der Waals surface area contributed by atoms with Gasteiger partial charge < -0.3 is 20.3 Å². The summed E-state index contributed by atoms with van der Waals surface area (Å²) in [6.45, 7) is 3.44. The SMILES string of the molecule is CCOC(=O)[C@@H](O)[C@@H](N)C(=O)OCC. The molecule has 6 nitrogen and oxygen atoms in total. The normalized spacial score (nSPS) is 14.3. The summed E-state index contributed by atoms with van der Waals surface area (Å²) >= 11 is 0. The summed E-state index contributed by atoms with van der Waals surface area (Å²) in [7, 11) is 0. The summed E-state index contributed by atoms with van der Waals surface area (Å²) in [5.74, 6) is -1.75. The molecule has 0 heterocycles. The molecule has 2 atom stereocenters. The van der Waals surface area contributed by atoms with E-state index in [0.717, 1.165) is 0 Å². The number of ether oxygens (including phenoxy) is 2. The van der Waals surface area contributed by atoms with Crippen molar-refractivity contribution in [3.63, 3.8) is 0 Å². The Morgan fingerprint density at radius 3 is 2.07 bits per heavy atom. The van der Waals surface area contributed by atoms with Crippen LogP contribution in [0.2, 0.25) is 0 Å². The van der Waals surface area contributed by atoms with Crippen molar-refractivity contribution in [2.24, 2.45) is 5.73 Å². The van der Waals surface area contributed by atoms with E-state index in [2.05, 4.69) is 9.47 Å². The van der Waals surface area contributed by atoms with Gasteiger partial charge in [-0.05, 0) is 13.8 Å². The largest absolute Gasteiger partial charge is 0.465 e. The van der Waals surface area contributed by atoms with Crippen molar-refractivity contribution in [1.82, 2.24) is 0 Å². The lowest BCUT2D eigenvalue weighted by molar-refractivity contribution is -0.161. The second kappa shape index (κ2) is 6.33. The van der Waals surface area contributed by atoms with Crippen molar-refractivity contribution in [2.75, 3.05) is 13.2 Å². The molecule has 0 aliphatic carbocycles. The highest BCUT2D eigenvalue weighted by Gasteiger charge is 2.30. The second-order valence-corrected chi connectivity index (χ2v) is 2.47. The van der Waals surface area contributed by atoms with E-state index in [1.165, 1.54) is 0 Å². The number of aliphatic hydroxyl groups is 1. The maximum absolute atomic E-state index is 11.0. The summed E-state index contributed by atoms with van der Waals surface area (Å²) in [6, 6.07) is -1.39. The molecule has 0 aliphatic rings. The molecule has 3 N–H and O–H groups in total. The Hall–Kier alpha value is -1.14. The maximum atomic E-state index is 11.0. The van der Waals surface area contributed by atoms with Crippen molar-refractivity contribution in [2.45, 2.75) is 26.0 Å². The first-order chi connectivity index (χ1) is 6.54. The molecule has 0 aromatic carbocycles. The van der Waals surface area contributed by atoms with Gasteiger partial charge in [-0.3, -0.25) is 4.79 Å². The van der Waals surface area contributed by atoms with Crippen LogP contribution >= 0.6 is 0 Å². The van der Waals surface area contributed by atoms with E-state index in [9.17, 15) is 14.7 Å². The highest BCUT2D eigenvalue weighted by molar-refractivity contribution is 5.85. The lowest BCUT2D eigenvalue weighted by Crippen LogP contribution is -2.47. The summed E-state index contributed by atoms with van der Waals surface area (Å²) < 4.78 is 9.00. The first-order valence-corrected chi connectivity index (χ1v) is 4.31. The monoisotopic (exact) mass is 205 g/mol. The van der Waals surface area contributed by atoms with Gasteiger partial charge in [0.2, 0.25) is 0 Å². The minimum absolute atomic E-state index is 0.117. The molecule has 0 radical (unpaired) electrons. The third kappa shape index (κ3) is 3.71. The predicted octanol–water partition coefficient (Wildman–Crippen LogP) is -1.20. The van der Waals surface area contributed by atoms with Crippen LogP contribution in [-0.2, 0) is 19.1 Å². The number of nitrogens with two attached hydrogens (primary N) is 1. The zero-order valence-electron chi connectivity index (χ0n) is 8.23. The van der Waals surface area contributed by atoms with E-state index in [-0.39, 0.29) is 13.2 Å². The minimum atomic E-state index is -1.67. The molecule has 0 saturated heterocycles. The minimum Gasteiger partial charge on any atom is -0.465 e. The van der Waals surface area contributed by atoms with Crippen LogP contribution in [0.25, 0.3) is 0 Å². The number of carbonyl (C=O) groups excluding carboxylic acids is 2. The average Bonchev–Trinajstić information content (AvgIpc) is 2.16. The molecule has 0 bridgehead atoms. The number of esters is 2. The molecule has 0 aromatic rings. The second-order valence-electron chi connectivity index (χ2n) is 2.47. The van der Waals surface area contributed by atoms with Gasteiger partial charge in [0.25, 0.3) is 0 Å². The van der Waals surface area contributed by atoms with Crippen LogP contribution in [-0.4, -0.2) is 42.4 Å². The lowest BCUT2D eigenvalue weighted by atomic mass is 10.2. The summed E-state index contributed by atoms with van der Waals surface area (Å²) in [5, 5.41) is 9.21. The van der Waals surface area contributed by atoms with Gasteiger partial charge in [0.05, 0.1) is 13.2 Å². The van der Waals surface area contributed by atoms with Gasteiger partial charge in [-0.2, -0.15) is 0 Å². The quantitative estimate of drug-likeness (QED) is 0.547. The molecule has 0 saturated carbocycles. The van der Waals surface area contributed by atoms with E-state index in [4.69, 9.17) is 5.73 Å². The average molecular weight is 205 g/mol. The van der Waals surface area contributed by atoms with Crippen molar-refractivity contribution in [1.29, 1.82) is 0 Å². The van der Waals surface area contributed by atoms with Crippen LogP contribution in [0.15, 0.2) is 0 Å². The molecular weight excluding hydrogens is 190 g/mol. The molecular formula is C8H15NO5. The lowest BCUT2D eigenvalue weighted by Gasteiger charge is -2.15. The van der Waals surface area contributed by atoms with Crippen molar-refractivity contribution < 1.29 is 24.2 Å². The standard InChI is InChI=1S/C8H15NO5/c1-3-13-7(11)5(9)6(10)8(12)14-4-2/h5-6,10H,3-4,9H2,1-2H3/t5-,6+/m1/s1. The van der Waals surface area contributed by atoms with E-state index in [1.807, 2.05) is 0 Å². The Balaban J connectivity index is 4.16. The Bertz CT molecular complexity index is 184. The first-order valence-electron chi connectivity index (χ1n) is 4.31. The van der Waals surface area contributed by atoms with Crippen molar-refractivity contribution >= 4 is 11.9 Å². The van der Waals surface area contributed by atoms with Gasteiger partial charge in [-0.25, -0.2) is 4.79 Å². The number of aliphatic hydroxyl groups excluding tert-OH is 1. The van der Waals surface area contributed by atoms with Gasteiger partial charge in [0, 0.05) is 0 Å². The number of carbonyl (C=O) groups is 2. The van der Waals surface area contributed by atoms with Crippen LogP contribution in [0.1, 0.15) is 13.8 Å².